The second kappa shape index (κ2) is 16.2. The molecule has 0 spiro atoms. The first-order valence-corrected chi connectivity index (χ1v) is 20.5. The Kier molecular flexibility index (Phi) is 14.7. The van der Waals surface area contributed by atoms with E-state index in [9.17, 15) is 14.7 Å². The first-order chi connectivity index (χ1) is 19.6. The number of esters is 2. The number of hydrogen-bond donors (Lipinski definition) is 1. The van der Waals surface area contributed by atoms with E-state index in [-0.39, 0.29) is 29.7 Å². The average Bonchev–Trinajstić information content (AvgIpc) is 2.84. The predicted molar refractivity (Wildman–Crippen MR) is 171 cm³/mol. The summed E-state index contributed by atoms with van der Waals surface area (Å²) in [6.45, 7) is 25.5. The summed E-state index contributed by atoms with van der Waals surface area (Å²) in [5, 5.41) is 10.0. The quantitative estimate of drug-likeness (QED) is 0.195. The van der Waals surface area contributed by atoms with Crippen molar-refractivity contribution >= 4 is 28.6 Å². The third-order valence-corrected chi connectivity index (χ3v) is 17.0. The number of carbonyl (C=O) groups excluding carboxylic acids is 2. The highest BCUT2D eigenvalue weighted by atomic mass is 28.4. The molecule has 43 heavy (non-hydrogen) atoms. The van der Waals surface area contributed by atoms with Crippen molar-refractivity contribution in [2.24, 2.45) is 0 Å². The van der Waals surface area contributed by atoms with Gasteiger partial charge in [-0.1, -0.05) is 53.4 Å². The Morgan fingerprint density at radius 3 is 1.88 bits per heavy atom. The lowest BCUT2D eigenvalue weighted by atomic mass is 9.98. The fourth-order valence-corrected chi connectivity index (χ4v) is 5.88. The molecule has 1 N–H and O–H groups in total. The molecule has 0 aromatic carbocycles. The fourth-order valence-electron chi connectivity index (χ4n) is 3.57. The zero-order chi connectivity index (χ0) is 33.2. The van der Waals surface area contributed by atoms with E-state index in [1.54, 1.807) is 6.92 Å². The molecule has 1 heterocycles. The van der Waals surface area contributed by atoms with Gasteiger partial charge in [-0.15, -0.1) is 0 Å². The number of aliphatic hydroxyl groups is 1. The molecule has 11 heteroatoms. The number of aliphatic hydroxyl groups excluding tert-OH is 1. The van der Waals surface area contributed by atoms with Gasteiger partial charge in [0.25, 0.3) is 0 Å². The highest BCUT2D eigenvalue weighted by Gasteiger charge is 2.54. The lowest BCUT2D eigenvalue weighted by Gasteiger charge is -2.49. The van der Waals surface area contributed by atoms with Crippen LogP contribution >= 0.6 is 0 Å². The van der Waals surface area contributed by atoms with Crippen LogP contribution in [0.3, 0.4) is 0 Å². The van der Waals surface area contributed by atoms with Gasteiger partial charge >= 0.3 is 11.9 Å². The number of rotatable bonds is 11. The van der Waals surface area contributed by atoms with E-state index >= 15 is 0 Å². The van der Waals surface area contributed by atoms with E-state index in [2.05, 4.69) is 103 Å². The molecule has 1 aliphatic rings. The van der Waals surface area contributed by atoms with Gasteiger partial charge in [0.1, 0.15) is 18.3 Å². The summed E-state index contributed by atoms with van der Waals surface area (Å²) in [5.41, 5.74) is 0. The Labute approximate surface area is 261 Å². The van der Waals surface area contributed by atoms with Crippen molar-refractivity contribution in [2.75, 3.05) is 13.2 Å². The minimum Gasteiger partial charge on any atom is -0.457 e. The summed E-state index contributed by atoms with van der Waals surface area (Å²) in [6.07, 6.45) is -5.59. The normalized spacial score (nSPS) is 23.3. The largest absolute Gasteiger partial charge is 0.457 e. The van der Waals surface area contributed by atoms with Gasteiger partial charge < -0.3 is 32.9 Å². The monoisotopic (exact) mass is 636 g/mol. The first kappa shape index (κ1) is 38.9. The Hall–Kier alpha value is -2.15. The summed E-state index contributed by atoms with van der Waals surface area (Å²) in [5.74, 6) is 14.5. The molecule has 0 bridgehead atoms. The van der Waals surface area contributed by atoms with E-state index in [1.165, 1.54) is 13.8 Å². The van der Waals surface area contributed by atoms with Crippen LogP contribution < -0.4 is 0 Å². The zero-order valence-electron chi connectivity index (χ0n) is 28.3. The molecule has 6 atom stereocenters. The molecular formula is C32H52O9Si2. The van der Waals surface area contributed by atoms with E-state index in [1.807, 2.05) is 0 Å². The second-order valence-corrected chi connectivity index (χ2v) is 23.2. The van der Waals surface area contributed by atoms with E-state index in [0.717, 1.165) is 0 Å². The second-order valence-electron chi connectivity index (χ2n) is 13.7. The summed E-state index contributed by atoms with van der Waals surface area (Å²) in [4.78, 5) is 24.7. The van der Waals surface area contributed by atoms with Crippen LogP contribution in [-0.4, -0.2) is 83.7 Å². The smallest absolute Gasteiger partial charge is 0.303 e. The highest BCUT2D eigenvalue weighted by Crippen LogP contribution is 2.41. The lowest BCUT2D eigenvalue weighted by molar-refractivity contribution is -0.303. The van der Waals surface area contributed by atoms with Crippen LogP contribution in [-0.2, 0) is 37.4 Å². The highest BCUT2D eigenvalue weighted by molar-refractivity contribution is 6.74. The number of ether oxygens (including phenoxy) is 4. The summed E-state index contributed by atoms with van der Waals surface area (Å²) in [7, 11) is -4.74. The molecular weight excluding hydrogens is 585 g/mol. The minimum atomic E-state index is -2.51. The molecule has 9 nitrogen and oxygen atoms in total. The van der Waals surface area contributed by atoms with Crippen LogP contribution in [0.2, 0.25) is 36.3 Å². The van der Waals surface area contributed by atoms with Crippen molar-refractivity contribution in [1.29, 1.82) is 0 Å². The topological polar surface area (TPSA) is 110 Å². The number of hydrogen-bond acceptors (Lipinski definition) is 9. The standard InChI is InChI=1S/C32H52O9Si2/c1-14-15-16-17-18-19-25(35)20-21-36-30-29(39-24(3)34)28(41-43(12,13)32(7,8)9)27(38-23(2)33)26(40-30)22-37-42(10,11)31(4,5)6/h25-30,35H,20-22H2,1-13H3/t25-,26+,27+,28-,29+,30+/m0/s1. The van der Waals surface area contributed by atoms with Crippen molar-refractivity contribution in [1.82, 2.24) is 0 Å². The Morgan fingerprint density at radius 1 is 0.837 bits per heavy atom. The van der Waals surface area contributed by atoms with Crippen molar-refractivity contribution in [3.05, 3.63) is 0 Å². The molecule has 0 unspecified atom stereocenters. The Morgan fingerprint density at radius 2 is 1.37 bits per heavy atom. The average molecular weight is 637 g/mol. The van der Waals surface area contributed by atoms with E-state index in [4.69, 9.17) is 27.8 Å². The SMILES string of the molecule is CC#CC#CC#C[C@H](O)CCO[C@@H]1O[C@H](CO[Si](C)(C)C(C)(C)C)[C@@H](OC(C)=O)[C@H](O[Si](C)(C)C(C)(C)C)[C@H]1OC(C)=O. The maximum atomic E-state index is 12.4. The van der Waals surface area contributed by atoms with E-state index < -0.39 is 65.4 Å². The van der Waals surface area contributed by atoms with Gasteiger partial charge in [0.05, 0.1) is 13.2 Å². The summed E-state index contributed by atoms with van der Waals surface area (Å²) in [6, 6.07) is 0. The van der Waals surface area contributed by atoms with Crippen LogP contribution in [0.5, 0.6) is 0 Å². The first-order valence-electron chi connectivity index (χ1n) is 14.7. The van der Waals surface area contributed by atoms with Gasteiger partial charge in [-0.3, -0.25) is 9.59 Å². The molecule has 0 amide bonds. The Bertz CT molecular complexity index is 1130. The molecule has 0 aromatic rings. The van der Waals surface area contributed by atoms with Crippen LogP contribution in [0, 0.1) is 35.5 Å². The third kappa shape index (κ3) is 12.4. The molecule has 0 radical (unpaired) electrons. The summed E-state index contributed by atoms with van der Waals surface area (Å²) >= 11 is 0. The van der Waals surface area contributed by atoms with Gasteiger partial charge in [-0.25, -0.2) is 0 Å². The molecule has 1 fully saturated rings. The van der Waals surface area contributed by atoms with Crippen molar-refractivity contribution in [3.63, 3.8) is 0 Å². The summed E-state index contributed by atoms with van der Waals surface area (Å²) < 4.78 is 37.4. The molecule has 0 aliphatic carbocycles. The van der Waals surface area contributed by atoms with Gasteiger partial charge in [0.15, 0.2) is 35.1 Å². The zero-order valence-corrected chi connectivity index (χ0v) is 30.3. The number of carbonyl (C=O) groups is 2. The molecule has 1 aliphatic heterocycles. The van der Waals surface area contributed by atoms with Gasteiger partial charge in [0.2, 0.25) is 0 Å². The molecule has 1 rings (SSSR count). The van der Waals surface area contributed by atoms with Crippen molar-refractivity contribution in [3.8, 4) is 35.5 Å². The molecule has 0 aromatic heterocycles. The predicted octanol–water partition coefficient (Wildman–Crippen LogP) is 4.78. The van der Waals surface area contributed by atoms with Gasteiger partial charge in [-0.05, 0) is 66.9 Å². The lowest BCUT2D eigenvalue weighted by Crippen LogP contribution is -2.65. The fraction of sp³-hybridized carbons (Fsp3) is 0.750. The molecule has 1 saturated heterocycles. The molecule has 242 valence electrons. The minimum absolute atomic E-state index is 0.0291. The van der Waals surface area contributed by atoms with Crippen LogP contribution in [0.25, 0.3) is 0 Å². The maximum Gasteiger partial charge on any atom is 0.303 e. The van der Waals surface area contributed by atoms with Gasteiger partial charge in [-0.2, -0.15) is 0 Å². The molecule has 0 saturated carbocycles. The van der Waals surface area contributed by atoms with Crippen LogP contribution in [0.1, 0.15) is 68.7 Å². The van der Waals surface area contributed by atoms with Crippen molar-refractivity contribution < 1.29 is 42.5 Å². The Balaban J connectivity index is 3.47. The van der Waals surface area contributed by atoms with Crippen LogP contribution in [0.15, 0.2) is 0 Å². The third-order valence-electron chi connectivity index (χ3n) is 8.07. The maximum absolute atomic E-state index is 12.4. The van der Waals surface area contributed by atoms with Gasteiger partial charge in [0, 0.05) is 20.3 Å². The van der Waals surface area contributed by atoms with Crippen LogP contribution in [0.4, 0.5) is 0 Å². The van der Waals surface area contributed by atoms with Crippen molar-refractivity contribution in [2.45, 2.75) is 142 Å². The van der Waals surface area contributed by atoms with E-state index in [0.29, 0.717) is 0 Å².